The van der Waals surface area contributed by atoms with Crippen molar-refractivity contribution in [2.24, 2.45) is 0 Å². The summed E-state index contributed by atoms with van der Waals surface area (Å²) in [6, 6.07) is 1.53. The molecular formula is C13H9BrF5N3. The van der Waals surface area contributed by atoms with E-state index in [1.807, 2.05) is 0 Å². The van der Waals surface area contributed by atoms with Crippen LogP contribution in [0.3, 0.4) is 0 Å². The first-order valence-corrected chi connectivity index (χ1v) is 7.20. The maximum Gasteiger partial charge on any atom is 0.410 e. The molecule has 2 aromatic rings. The van der Waals surface area contributed by atoms with Gasteiger partial charge in [-0.15, -0.1) is 5.10 Å². The van der Waals surface area contributed by atoms with Crippen molar-refractivity contribution in [1.82, 2.24) is 14.8 Å². The minimum Gasteiger partial charge on any atom is -0.236 e. The third-order valence-corrected chi connectivity index (χ3v) is 4.03. The third-order valence-electron chi connectivity index (χ3n) is 3.69. The van der Waals surface area contributed by atoms with Crippen LogP contribution < -0.4 is 0 Å². The highest BCUT2D eigenvalue weighted by Gasteiger charge is 2.46. The van der Waals surface area contributed by atoms with E-state index in [4.69, 9.17) is 0 Å². The van der Waals surface area contributed by atoms with Crippen LogP contribution in [0.5, 0.6) is 0 Å². The molecule has 0 spiro atoms. The molecule has 1 aliphatic rings. The highest BCUT2D eigenvalue weighted by Crippen LogP contribution is 2.44. The zero-order valence-corrected chi connectivity index (χ0v) is 12.5. The summed E-state index contributed by atoms with van der Waals surface area (Å²) in [5.41, 5.74) is 0.376. The van der Waals surface area contributed by atoms with Gasteiger partial charge in [0.25, 0.3) is 0 Å². The smallest absolute Gasteiger partial charge is 0.236 e. The lowest BCUT2D eigenvalue weighted by molar-refractivity contribution is -0.175. The molecule has 1 aromatic carbocycles. The Bertz CT molecular complexity index is 712. The molecule has 0 radical (unpaired) electrons. The van der Waals surface area contributed by atoms with Crippen molar-refractivity contribution in [3.8, 4) is 0 Å². The Labute approximate surface area is 130 Å². The normalized spacial score (nSPS) is 21.7. The van der Waals surface area contributed by atoms with E-state index in [0.717, 1.165) is 16.8 Å². The van der Waals surface area contributed by atoms with Crippen molar-refractivity contribution in [2.75, 3.05) is 0 Å². The number of halogens is 6. The fourth-order valence-electron chi connectivity index (χ4n) is 2.70. The highest BCUT2D eigenvalue weighted by atomic mass is 79.9. The number of rotatable bonds is 1. The predicted molar refractivity (Wildman–Crippen MR) is 70.2 cm³/mol. The summed E-state index contributed by atoms with van der Waals surface area (Å²) in [7, 11) is 0. The number of hydrogen-bond acceptors (Lipinski definition) is 2. The zero-order valence-electron chi connectivity index (χ0n) is 10.9. The van der Waals surface area contributed by atoms with Crippen molar-refractivity contribution in [3.05, 3.63) is 46.0 Å². The number of fused-ring (bicyclic) bond motifs is 1. The Balaban J connectivity index is 2.06. The molecule has 2 heterocycles. The van der Waals surface area contributed by atoms with Crippen molar-refractivity contribution < 1.29 is 22.0 Å². The summed E-state index contributed by atoms with van der Waals surface area (Å²) >= 11 is 2.97. The molecule has 3 rings (SSSR count). The molecule has 22 heavy (non-hydrogen) atoms. The number of hydrogen-bond donors (Lipinski definition) is 0. The molecular weight excluding hydrogens is 373 g/mol. The van der Waals surface area contributed by atoms with Crippen molar-refractivity contribution in [3.63, 3.8) is 0 Å². The lowest BCUT2D eigenvalue weighted by atomic mass is 9.88. The molecule has 0 aliphatic carbocycles. The number of alkyl halides is 3. The van der Waals surface area contributed by atoms with E-state index in [9.17, 15) is 22.0 Å². The van der Waals surface area contributed by atoms with E-state index in [0.29, 0.717) is 5.56 Å². The number of nitrogens with zero attached hydrogens (tertiary/aromatic N) is 3. The molecule has 1 aliphatic heterocycles. The highest BCUT2D eigenvalue weighted by molar-refractivity contribution is 9.10. The van der Waals surface area contributed by atoms with Crippen LogP contribution in [-0.4, -0.2) is 20.9 Å². The molecule has 0 N–H and O–H groups in total. The fourth-order valence-corrected chi connectivity index (χ4v) is 3.05. The average molecular weight is 382 g/mol. The lowest BCUT2D eigenvalue weighted by Gasteiger charge is -2.30. The second kappa shape index (κ2) is 5.29. The van der Waals surface area contributed by atoms with E-state index in [2.05, 4.69) is 26.0 Å². The van der Waals surface area contributed by atoms with Crippen LogP contribution >= 0.6 is 15.9 Å². The Kier molecular flexibility index (Phi) is 3.70. The van der Waals surface area contributed by atoms with Crippen LogP contribution in [0.15, 0.2) is 22.9 Å². The standard InChI is InChI=1S/C13H9BrF5N3/c14-12-20-11-7(6-1-3-8(15)9(16)5-6)2-4-10(13(17,18)19)22(11)21-12/h1,3,5,7,10H,2,4H2. The largest absolute Gasteiger partial charge is 0.410 e. The monoisotopic (exact) mass is 381 g/mol. The summed E-state index contributed by atoms with van der Waals surface area (Å²) in [6.45, 7) is 0. The summed E-state index contributed by atoms with van der Waals surface area (Å²) < 4.78 is 66.4. The SMILES string of the molecule is Fc1ccc(C2CCC(C(F)(F)F)n3nc(Br)nc32)cc1F. The summed E-state index contributed by atoms with van der Waals surface area (Å²) in [6.07, 6.45) is -4.52. The van der Waals surface area contributed by atoms with Gasteiger partial charge >= 0.3 is 6.18 Å². The van der Waals surface area contributed by atoms with Gasteiger partial charge in [-0.1, -0.05) is 6.07 Å². The molecule has 1 aromatic heterocycles. The topological polar surface area (TPSA) is 30.7 Å². The minimum absolute atomic E-state index is 0.0335. The van der Waals surface area contributed by atoms with Gasteiger partial charge < -0.3 is 0 Å². The van der Waals surface area contributed by atoms with Gasteiger partial charge in [0.2, 0.25) is 4.73 Å². The summed E-state index contributed by atoms with van der Waals surface area (Å²) in [4.78, 5) is 3.98. The van der Waals surface area contributed by atoms with E-state index in [-0.39, 0.29) is 23.4 Å². The minimum atomic E-state index is -4.44. The van der Waals surface area contributed by atoms with Crippen molar-refractivity contribution in [2.45, 2.75) is 31.0 Å². The maximum atomic E-state index is 13.4. The van der Waals surface area contributed by atoms with E-state index < -0.39 is 29.8 Å². The van der Waals surface area contributed by atoms with Gasteiger partial charge in [-0.25, -0.2) is 18.4 Å². The Morgan fingerprint density at radius 1 is 1.14 bits per heavy atom. The van der Waals surface area contributed by atoms with Crippen molar-refractivity contribution in [1.29, 1.82) is 0 Å². The summed E-state index contributed by atoms with van der Waals surface area (Å²) in [5, 5.41) is 3.75. The van der Waals surface area contributed by atoms with Crippen LogP contribution in [-0.2, 0) is 0 Å². The van der Waals surface area contributed by atoms with E-state index in [1.165, 1.54) is 6.07 Å². The van der Waals surface area contributed by atoms with Gasteiger partial charge in [0.05, 0.1) is 0 Å². The average Bonchev–Trinajstić information content (AvgIpc) is 2.80. The van der Waals surface area contributed by atoms with E-state index in [1.54, 1.807) is 0 Å². The molecule has 2 atom stereocenters. The Morgan fingerprint density at radius 2 is 1.86 bits per heavy atom. The molecule has 0 bridgehead atoms. The first kappa shape index (κ1) is 15.4. The fraction of sp³-hybridized carbons (Fsp3) is 0.385. The maximum absolute atomic E-state index is 13.4. The zero-order chi connectivity index (χ0) is 16.1. The Hall–Kier alpha value is -1.51. The van der Waals surface area contributed by atoms with E-state index >= 15 is 0 Å². The number of aromatic nitrogens is 3. The molecule has 3 nitrogen and oxygen atoms in total. The molecule has 0 saturated heterocycles. The van der Waals surface area contributed by atoms with Crippen LogP contribution in [0.25, 0.3) is 0 Å². The first-order valence-electron chi connectivity index (χ1n) is 6.41. The molecule has 0 fully saturated rings. The third kappa shape index (κ3) is 2.62. The molecule has 2 unspecified atom stereocenters. The van der Waals surface area contributed by atoms with Gasteiger partial charge in [-0.3, -0.25) is 0 Å². The van der Waals surface area contributed by atoms with Crippen LogP contribution in [0, 0.1) is 11.6 Å². The van der Waals surface area contributed by atoms with Crippen LogP contribution in [0.4, 0.5) is 22.0 Å². The predicted octanol–water partition coefficient (Wildman–Crippen LogP) is 4.35. The Morgan fingerprint density at radius 3 is 2.50 bits per heavy atom. The van der Waals surface area contributed by atoms with Gasteiger partial charge in [-0.05, 0) is 46.5 Å². The molecule has 0 amide bonds. The summed E-state index contributed by atoms with van der Waals surface area (Å²) in [5.74, 6) is -2.52. The van der Waals surface area contributed by atoms with Gasteiger partial charge in [0.1, 0.15) is 11.9 Å². The second-order valence-electron chi connectivity index (χ2n) is 5.04. The quantitative estimate of drug-likeness (QED) is 0.687. The van der Waals surface area contributed by atoms with Gasteiger partial charge in [0, 0.05) is 5.92 Å². The van der Waals surface area contributed by atoms with Crippen LogP contribution in [0.2, 0.25) is 0 Å². The molecule has 9 heteroatoms. The lowest BCUT2D eigenvalue weighted by Crippen LogP contribution is -2.33. The van der Waals surface area contributed by atoms with Gasteiger partial charge in [0.15, 0.2) is 11.6 Å². The van der Waals surface area contributed by atoms with Crippen LogP contribution in [0.1, 0.15) is 36.2 Å². The molecule has 118 valence electrons. The van der Waals surface area contributed by atoms with Gasteiger partial charge in [-0.2, -0.15) is 13.2 Å². The first-order chi connectivity index (χ1) is 10.3. The van der Waals surface area contributed by atoms with Crippen molar-refractivity contribution >= 4 is 15.9 Å². The number of benzene rings is 1. The second-order valence-corrected chi connectivity index (χ2v) is 5.75. The molecule has 0 saturated carbocycles.